The highest BCUT2D eigenvalue weighted by molar-refractivity contribution is 5.13. The minimum Gasteiger partial charge on any atom is -0.367 e. The van der Waals surface area contributed by atoms with Gasteiger partial charge in [-0.25, -0.2) is 0 Å². The minimum absolute atomic E-state index is 0.258. The van der Waals surface area contributed by atoms with Crippen molar-refractivity contribution in [2.24, 2.45) is 11.7 Å². The number of rotatable bonds is 3. The Kier molecular flexibility index (Phi) is 1.70. The molecule has 0 bridgehead atoms. The molecule has 0 spiro atoms. The number of aromatic nitrogens is 1. The summed E-state index contributed by atoms with van der Waals surface area (Å²) in [7, 11) is 0. The third kappa shape index (κ3) is 1.63. The molecule has 3 N–H and O–H groups in total. The van der Waals surface area contributed by atoms with Crippen LogP contribution in [0.5, 0.6) is 0 Å². The molecule has 1 aliphatic rings. The lowest BCUT2D eigenvalue weighted by molar-refractivity contribution is 0.597. The van der Waals surface area contributed by atoms with Crippen LogP contribution in [0.25, 0.3) is 0 Å². The zero-order valence-corrected chi connectivity index (χ0v) is 6.59. The first-order valence-corrected chi connectivity index (χ1v) is 4.24. The maximum atomic E-state index is 5.96. The van der Waals surface area contributed by atoms with E-state index in [9.17, 15) is 0 Å². The summed E-state index contributed by atoms with van der Waals surface area (Å²) in [5, 5.41) is 0. The molecule has 0 amide bonds. The van der Waals surface area contributed by atoms with Crippen molar-refractivity contribution in [2.45, 2.75) is 25.3 Å². The molecule has 1 saturated carbocycles. The summed E-state index contributed by atoms with van der Waals surface area (Å²) in [4.78, 5) is 3.02. The van der Waals surface area contributed by atoms with Gasteiger partial charge in [0.25, 0.3) is 0 Å². The number of aromatic amines is 1. The summed E-state index contributed by atoms with van der Waals surface area (Å²) < 4.78 is 0. The molecular formula is C9H14N2. The van der Waals surface area contributed by atoms with Gasteiger partial charge in [0.15, 0.2) is 0 Å². The fraction of sp³-hybridized carbons (Fsp3) is 0.556. The van der Waals surface area contributed by atoms with E-state index in [-0.39, 0.29) is 6.04 Å². The molecule has 2 rings (SSSR count). The van der Waals surface area contributed by atoms with Crippen LogP contribution in [0.2, 0.25) is 0 Å². The van der Waals surface area contributed by atoms with Crippen molar-refractivity contribution in [3.05, 3.63) is 24.0 Å². The van der Waals surface area contributed by atoms with E-state index in [0.717, 1.165) is 12.3 Å². The molecule has 1 aromatic rings. The molecule has 0 saturated heterocycles. The van der Waals surface area contributed by atoms with Crippen molar-refractivity contribution in [1.82, 2.24) is 4.98 Å². The van der Waals surface area contributed by atoms with Crippen LogP contribution in [0.15, 0.2) is 18.5 Å². The zero-order chi connectivity index (χ0) is 7.68. The fourth-order valence-electron chi connectivity index (χ4n) is 1.42. The van der Waals surface area contributed by atoms with Crippen molar-refractivity contribution in [3.8, 4) is 0 Å². The van der Waals surface area contributed by atoms with Crippen LogP contribution in [0.1, 0.15) is 30.9 Å². The van der Waals surface area contributed by atoms with Gasteiger partial charge in [-0.1, -0.05) is 12.8 Å². The lowest BCUT2D eigenvalue weighted by Gasteiger charge is -2.07. The standard InChI is InChI=1S/C9H14N2/c10-9(5-7-1-2-7)8-3-4-11-6-8/h3-4,6-7,9,11H,1-2,5,10H2/t9-/m0/s1. The molecule has 1 atom stereocenters. The highest BCUT2D eigenvalue weighted by atomic mass is 14.7. The van der Waals surface area contributed by atoms with E-state index >= 15 is 0 Å². The van der Waals surface area contributed by atoms with Crippen LogP contribution in [-0.2, 0) is 0 Å². The molecule has 0 aliphatic heterocycles. The third-order valence-electron chi connectivity index (χ3n) is 2.33. The van der Waals surface area contributed by atoms with Gasteiger partial charge in [-0.3, -0.25) is 0 Å². The van der Waals surface area contributed by atoms with Crippen LogP contribution in [0.4, 0.5) is 0 Å². The van der Waals surface area contributed by atoms with Crippen molar-refractivity contribution < 1.29 is 0 Å². The van der Waals surface area contributed by atoms with Gasteiger partial charge in [-0.05, 0) is 24.0 Å². The van der Waals surface area contributed by atoms with E-state index in [1.807, 2.05) is 12.4 Å². The van der Waals surface area contributed by atoms with Crippen LogP contribution in [0.3, 0.4) is 0 Å². The Labute approximate surface area is 66.8 Å². The Morgan fingerprint density at radius 3 is 3.00 bits per heavy atom. The van der Waals surface area contributed by atoms with Crippen molar-refractivity contribution in [3.63, 3.8) is 0 Å². The third-order valence-corrected chi connectivity index (χ3v) is 2.33. The van der Waals surface area contributed by atoms with Gasteiger partial charge in [0.05, 0.1) is 0 Å². The van der Waals surface area contributed by atoms with Gasteiger partial charge < -0.3 is 10.7 Å². The van der Waals surface area contributed by atoms with Crippen LogP contribution >= 0.6 is 0 Å². The van der Waals surface area contributed by atoms with Crippen LogP contribution in [-0.4, -0.2) is 4.98 Å². The second-order valence-electron chi connectivity index (χ2n) is 3.43. The SMILES string of the molecule is N[C@@H](CC1CC1)c1cc[nH]c1. The summed E-state index contributed by atoms with van der Waals surface area (Å²) in [6.07, 6.45) is 7.86. The average Bonchev–Trinajstić information content (AvgIpc) is 2.67. The Morgan fingerprint density at radius 2 is 2.45 bits per heavy atom. The quantitative estimate of drug-likeness (QED) is 0.678. The molecule has 60 valence electrons. The van der Waals surface area contributed by atoms with E-state index in [1.54, 1.807) is 0 Å². The van der Waals surface area contributed by atoms with E-state index in [4.69, 9.17) is 5.73 Å². The first-order valence-electron chi connectivity index (χ1n) is 4.24. The number of nitrogens with one attached hydrogen (secondary N) is 1. The van der Waals surface area contributed by atoms with Crippen molar-refractivity contribution in [2.75, 3.05) is 0 Å². The molecule has 1 heterocycles. The Hall–Kier alpha value is -0.760. The molecular weight excluding hydrogens is 136 g/mol. The van der Waals surface area contributed by atoms with Crippen LogP contribution < -0.4 is 5.73 Å². The van der Waals surface area contributed by atoms with Crippen molar-refractivity contribution >= 4 is 0 Å². The molecule has 2 nitrogen and oxygen atoms in total. The number of hydrogen-bond donors (Lipinski definition) is 2. The average molecular weight is 150 g/mol. The van der Waals surface area contributed by atoms with E-state index in [0.29, 0.717) is 0 Å². The normalized spacial score (nSPS) is 20.1. The number of nitrogens with two attached hydrogens (primary N) is 1. The van der Waals surface area contributed by atoms with Gasteiger partial charge in [0, 0.05) is 18.4 Å². The van der Waals surface area contributed by atoms with Gasteiger partial charge >= 0.3 is 0 Å². The summed E-state index contributed by atoms with van der Waals surface area (Å²) in [5.41, 5.74) is 7.21. The highest BCUT2D eigenvalue weighted by Crippen LogP contribution is 2.36. The van der Waals surface area contributed by atoms with E-state index < -0.39 is 0 Å². The maximum absolute atomic E-state index is 5.96. The number of hydrogen-bond acceptors (Lipinski definition) is 1. The molecule has 2 heteroatoms. The first kappa shape index (κ1) is 6.92. The van der Waals surface area contributed by atoms with E-state index in [1.165, 1.54) is 18.4 Å². The lowest BCUT2D eigenvalue weighted by Crippen LogP contribution is -2.09. The monoisotopic (exact) mass is 150 g/mol. The largest absolute Gasteiger partial charge is 0.367 e. The zero-order valence-electron chi connectivity index (χ0n) is 6.59. The lowest BCUT2D eigenvalue weighted by atomic mass is 10.1. The Balaban J connectivity index is 1.93. The van der Waals surface area contributed by atoms with E-state index in [2.05, 4.69) is 11.1 Å². The van der Waals surface area contributed by atoms with Gasteiger partial charge in [0.2, 0.25) is 0 Å². The molecule has 1 aromatic heterocycles. The minimum atomic E-state index is 0.258. The smallest absolute Gasteiger partial charge is 0.0312 e. The van der Waals surface area contributed by atoms with Gasteiger partial charge in [0.1, 0.15) is 0 Å². The first-order chi connectivity index (χ1) is 5.36. The Bertz CT molecular complexity index is 211. The predicted molar refractivity (Wildman–Crippen MR) is 45.1 cm³/mol. The molecule has 1 aliphatic carbocycles. The van der Waals surface area contributed by atoms with Crippen molar-refractivity contribution in [1.29, 1.82) is 0 Å². The topological polar surface area (TPSA) is 41.8 Å². The molecule has 0 unspecified atom stereocenters. The molecule has 0 radical (unpaired) electrons. The highest BCUT2D eigenvalue weighted by Gasteiger charge is 2.24. The summed E-state index contributed by atoms with van der Waals surface area (Å²) >= 11 is 0. The second-order valence-corrected chi connectivity index (χ2v) is 3.43. The Morgan fingerprint density at radius 1 is 1.64 bits per heavy atom. The second kappa shape index (κ2) is 2.70. The molecule has 11 heavy (non-hydrogen) atoms. The summed E-state index contributed by atoms with van der Waals surface area (Å²) in [5.74, 6) is 0.917. The number of H-pyrrole nitrogens is 1. The maximum Gasteiger partial charge on any atom is 0.0312 e. The fourth-order valence-corrected chi connectivity index (χ4v) is 1.42. The van der Waals surface area contributed by atoms with Gasteiger partial charge in [-0.2, -0.15) is 0 Å². The molecule has 1 fully saturated rings. The van der Waals surface area contributed by atoms with Crippen LogP contribution in [0, 0.1) is 5.92 Å². The summed E-state index contributed by atoms with van der Waals surface area (Å²) in [6, 6.07) is 2.32. The predicted octanol–water partition coefficient (Wildman–Crippen LogP) is 1.81. The van der Waals surface area contributed by atoms with Gasteiger partial charge in [-0.15, -0.1) is 0 Å². The molecule has 0 aromatic carbocycles. The summed E-state index contributed by atoms with van der Waals surface area (Å²) in [6.45, 7) is 0.